The fourth-order valence-corrected chi connectivity index (χ4v) is 6.85. The average Bonchev–Trinajstić information content (AvgIpc) is 2.67. The van der Waals surface area contributed by atoms with Crippen molar-refractivity contribution in [1.29, 1.82) is 0 Å². The lowest BCUT2D eigenvalue weighted by Crippen LogP contribution is -2.25. The van der Waals surface area contributed by atoms with Crippen molar-refractivity contribution in [3.8, 4) is 0 Å². The molecule has 5 rings (SSSR count). The number of rotatable bonds is 1. The number of allylic oxidation sites excluding steroid dienone is 4. The van der Waals surface area contributed by atoms with E-state index in [2.05, 4.69) is 65.1 Å². The molecule has 0 nitrogen and oxygen atoms in total. The Bertz CT molecular complexity index is 700. The summed E-state index contributed by atoms with van der Waals surface area (Å²) in [5, 5.41) is 0. The lowest BCUT2D eigenvalue weighted by atomic mass is 9.67. The van der Waals surface area contributed by atoms with Crippen LogP contribution in [0.4, 0.5) is 0 Å². The molecular weight excluding hydrogens is 415 g/mol. The second-order valence-corrected chi connectivity index (χ2v) is 10.4. The lowest BCUT2D eigenvalue weighted by Gasteiger charge is -2.38. The molecule has 1 fully saturated rings. The molecular formula is C24H29I. The highest BCUT2D eigenvalue weighted by Crippen LogP contribution is 2.46. The molecule has 25 heavy (non-hydrogen) atoms. The standard InChI is InChI=1S/C24H29I/c25-22-11-9-18-13-17(6-7-20(18)15-22)19-10-12-24-21(14-19)8-5-16-3-1-2-4-23(16)24/h6-7,9-12,14,16-18,20,22-23H,1-5,8,13,15H2/t16-,17?,18?,20?,22?,23?/m1/s1. The van der Waals surface area contributed by atoms with Crippen molar-refractivity contribution in [1.82, 2.24) is 0 Å². The Kier molecular flexibility index (Phi) is 4.56. The Hall–Kier alpha value is -0.570. The highest BCUT2D eigenvalue weighted by Gasteiger charge is 2.33. The smallest absolute Gasteiger partial charge is 0.0295 e. The van der Waals surface area contributed by atoms with Gasteiger partial charge in [0.1, 0.15) is 0 Å². The number of halogens is 1. The van der Waals surface area contributed by atoms with Crippen LogP contribution in [0.15, 0.2) is 42.5 Å². The van der Waals surface area contributed by atoms with E-state index in [-0.39, 0.29) is 0 Å². The first-order chi connectivity index (χ1) is 12.3. The van der Waals surface area contributed by atoms with E-state index >= 15 is 0 Å². The van der Waals surface area contributed by atoms with Gasteiger partial charge in [0.2, 0.25) is 0 Å². The van der Waals surface area contributed by atoms with E-state index in [1.165, 1.54) is 51.4 Å². The molecule has 1 saturated carbocycles. The minimum atomic E-state index is 0.631. The third-order valence-corrected chi connectivity index (χ3v) is 8.34. The van der Waals surface area contributed by atoms with Gasteiger partial charge < -0.3 is 0 Å². The summed E-state index contributed by atoms with van der Waals surface area (Å²) < 4.78 is 0.729. The first-order valence-electron chi connectivity index (χ1n) is 10.4. The summed E-state index contributed by atoms with van der Waals surface area (Å²) in [5.41, 5.74) is 4.97. The van der Waals surface area contributed by atoms with Gasteiger partial charge in [0.05, 0.1) is 0 Å². The monoisotopic (exact) mass is 444 g/mol. The van der Waals surface area contributed by atoms with Crippen LogP contribution in [0, 0.1) is 17.8 Å². The zero-order valence-electron chi connectivity index (χ0n) is 15.0. The zero-order chi connectivity index (χ0) is 16.8. The maximum Gasteiger partial charge on any atom is 0.0295 e. The molecule has 0 N–H and O–H groups in total. The number of aryl methyl sites for hydroxylation is 1. The predicted molar refractivity (Wildman–Crippen MR) is 115 cm³/mol. The Morgan fingerprint density at radius 3 is 2.64 bits per heavy atom. The molecule has 0 spiro atoms. The highest BCUT2D eigenvalue weighted by molar-refractivity contribution is 14.1. The van der Waals surface area contributed by atoms with Crippen LogP contribution < -0.4 is 0 Å². The van der Waals surface area contributed by atoms with Gasteiger partial charge in [0, 0.05) is 9.84 Å². The fraction of sp³-hybridized carbons (Fsp3) is 0.583. The van der Waals surface area contributed by atoms with Gasteiger partial charge in [-0.1, -0.05) is 77.9 Å². The number of hydrogen-bond acceptors (Lipinski definition) is 0. The fourth-order valence-electron chi connectivity index (χ4n) is 6.03. The normalized spacial score (nSPS) is 39.4. The van der Waals surface area contributed by atoms with E-state index in [4.69, 9.17) is 0 Å². The van der Waals surface area contributed by atoms with Gasteiger partial charge in [0.25, 0.3) is 0 Å². The molecule has 0 radical (unpaired) electrons. The molecule has 4 aliphatic carbocycles. The van der Waals surface area contributed by atoms with Crippen molar-refractivity contribution >= 4 is 22.6 Å². The van der Waals surface area contributed by atoms with Crippen LogP contribution in [0.5, 0.6) is 0 Å². The van der Waals surface area contributed by atoms with Crippen molar-refractivity contribution in [2.45, 2.75) is 67.1 Å². The molecule has 5 unspecified atom stereocenters. The molecule has 0 amide bonds. The number of hydrogen-bond donors (Lipinski definition) is 0. The van der Waals surface area contributed by atoms with Crippen LogP contribution in [0.25, 0.3) is 0 Å². The van der Waals surface area contributed by atoms with E-state index in [0.717, 1.165) is 27.6 Å². The van der Waals surface area contributed by atoms with Crippen molar-refractivity contribution < 1.29 is 0 Å². The first kappa shape index (κ1) is 16.6. The SMILES string of the molecule is IC1C=CC2CC(c3ccc4c(c3)CC[C@H]3CCCCC43)C=CC2C1. The van der Waals surface area contributed by atoms with Gasteiger partial charge in [-0.3, -0.25) is 0 Å². The summed E-state index contributed by atoms with van der Waals surface area (Å²) in [6.07, 6.45) is 21.2. The van der Waals surface area contributed by atoms with Gasteiger partial charge >= 0.3 is 0 Å². The van der Waals surface area contributed by atoms with E-state index < -0.39 is 0 Å². The molecule has 0 aromatic heterocycles. The van der Waals surface area contributed by atoms with Crippen molar-refractivity contribution in [3.05, 3.63) is 59.2 Å². The Balaban J connectivity index is 1.39. The summed E-state index contributed by atoms with van der Waals surface area (Å²) in [7, 11) is 0. The number of benzene rings is 1. The second-order valence-electron chi connectivity index (χ2n) is 8.84. The summed E-state index contributed by atoms with van der Waals surface area (Å²) in [4.78, 5) is 0. The lowest BCUT2D eigenvalue weighted by molar-refractivity contribution is 0.275. The summed E-state index contributed by atoms with van der Waals surface area (Å²) >= 11 is 2.58. The molecule has 0 heterocycles. The van der Waals surface area contributed by atoms with Crippen LogP contribution in [0.3, 0.4) is 0 Å². The first-order valence-corrected chi connectivity index (χ1v) is 11.7. The van der Waals surface area contributed by atoms with Gasteiger partial charge in [0.15, 0.2) is 0 Å². The molecule has 1 aromatic carbocycles. The Morgan fingerprint density at radius 1 is 0.840 bits per heavy atom. The molecule has 132 valence electrons. The third-order valence-electron chi connectivity index (χ3n) is 7.42. The Morgan fingerprint density at radius 2 is 1.68 bits per heavy atom. The topological polar surface area (TPSA) is 0 Å². The van der Waals surface area contributed by atoms with E-state index in [1.54, 1.807) is 16.7 Å². The van der Waals surface area contributed by atoms with Crippen LogP contribution in [-0.4, -0.2) is 3.92 Å². The van der Waals surface area contributed by atoms with Crippen molar-refractivity contribution in [2.75, 3.05) is 0 Å². The quantitative estimate of drug-likeness (QED) is 0.250. The summed E-state index contributed by atoms with van der Waals surface area (Å²) in [5.74, 6) is 4.03. The maximum atomic E-state index is 2.59. The van der Waals surface area contributed by atoms with Crippen LogP contribution in [-0.2, 0) is 6.42 Å². The minimum Gasteiger partial charge on any atom is -0.0842 e. The third kappa shape index (κ3) is 3.15. The van der Waals surface area contributed by atoms with Gasteiger partial charge in [-0.2, -0.15) is 0 Å². The highest BCUT2D eigenvalue weighted by atomic mass is 127. The largest absolute Gasteiger partial charge is 0.0842 e. The van der Waals surface area contributed by atoms with Gasteiger partial charge in [-0.15, -0.1) is 0 Å². The van der Waals surface area contributed by atoms with Gasteiger partial charge in [-0.05, 0) is 78.9 Å². The summed E-state index contributed by atoms with van der Waals surface area (Å²) in [6, 6.07) is 7.58. The van der Waals surface area contributed by atoms with Gasteiger partial charge in [-0.25, -0.2) is 0 Å². The molecule has 0 saturated heterocycles. The van der Waals surface area contributed by atoms with E-state index in [1.807, 2.05) is 0 Å². The molecule has 6 atom stereocenters. The minimum absolute atomic E-state index is 0.631. The van der Waals surface area contributed by atoms with Crippen molar-refractivity contribution in [3.63, 3.8) is 0 Å². The molecule has 1 aromatic rings. The number of alkyl halides is 1. The Labute approximate surface area is 166 Å². The maximum absolute atomic E-state index is 2.59. The average molecular weight is 444 g/mol. The summed E-state index contributed by atoms with van der Waals surface area (Å²) in [6.45, 7) is 0. The van der Waals surface area contributed by atoms with Crippen molar-refractivity contribution in [2.24, 2.45) is 17.8 Å². The number of fused-ring (bicyclic) bond motifs is 4. The van der Waals surface area contributed by atoms with Crippen LogP contribution >= 0.6 is 22.6 Å². The zero-order valence-corrected chi connectivity index (χ0v) is 17.2. The van der Waals surface area contributed by atoms with E-state index in [0.29, 0.717) is 5.92 Å². The van der Waals surface area contributed by atoms with Crippen LogP contribution in [0.1, 0.15) is 73.5 Å². The molecule has 0 aliphatic heterocycles. The molecule has 0 bridgehead atoms. The molecule has 1 heteroatoms. The molecule has 4 aliphatic rings. The predicted octanol–water partition coefficient (Wildman–Crippen LogP) is 6.95. The van der Waals surface area contributed by atoms with E-state index in [9.17, 15) is 0 Å². The second kappa shape index (κ2) is 6.87. The van der Waals surface area contributed by atoms with Crippen LogP contribution in [0.2, 0.25) is 0 Å².